The molecule has 0 aromatic carbocycles. The molecule has 0 saturated carbocycles. The van der Waals surface area contributed by atoms with Crippen LogP contribution in [0.5, 0.6) is 0 Å². The van der Waals surface area contributed by atoms with Crippen LogP contribution in [0.1, 0.15) is 23.7 Å². The number of aliphatic carboxylic acids is 1. The zero-order valence-corrected chi connectivity index (χ0v) is 8.69. The number of hydrogen-bond acceptors (Lipinski definition) is 3. The van der Waals surface area contributed by atoms with Crippen molar-refractivity contribution < 1.29 is 14.7 Å². The lowest BCUT2D eigenvalue weighted by molar-refractivity contribution is -0.139. The predicted octanol–water partition coefficient (Wildman–Crippen LogP) is -0.0321. The number of aromatic amines is 1. The molecule has 1 aromatic rings. The first-order valence-electron chi connectivity index (χ1n) is 4.77. The zero-order chi connectivity index (χ0) is 12.1. The third-order valence-electron chi connectivity index (χ3n) is 2.05. The summed E-state index contributed by atoms with van der Waals surface area (Å²) >= 11 is 0. The Bertz CT molecular complexity index is 452. The summed E-state index contributed by atoms with van der Waals surface area (Å²) in [6, 6.07) is 1.58. The minimum atomic E-state index is -1.10. The van der Waals surface area contributed by atoms with Gasteiger partial charge in [-0.15, -0.1) is 0 Å². The molecule has 0 bridgehead atoms. The minimum Gasteiger partial charge on any atom is -0.480 e. The first-order valence-corrected chi connectivity index (χ1v) is 4.77. The molecule has 3 N–H and O–H groups in total. The smallest absolute Gasteiger partial charge is 0.326 e. The number of rotatable bonds is 4. The normalized spacial score (nSPS) is 11.8. The maximum Gasteiger partial charge on any atom is 0.326 e. The van der Waals surface area contributed by atoms with Crippen LogP contribution in [-0.2, 0) is 4.79 Å². The Morgan fingerprint density at radius 2 is 2.25 bits per heavy atom. The highest BCUT2D eigenvalue weighted by Gasteiger charge is 2.18. The molecule has 0 spiro atoms. The van der Waals surface area contributed by atoms with Crippen LogP contribution in [0.15, 0.2) is 23.1 Å². The first-order chi connectivity index (χ1) is 7.54. The van der Waals surface area contributed by atoms with Crippen LogP contribution < -0.4 is 10.9 Å². The first kappa shape index (κ1) is 12.0. The third kappa shape index (κ3) is 2.94. The van der Waals surface area contributed by atoms with Gasteiger partial charge in [0.25, 0.3) is 5.91 Å². The fraction of sp³-hybridized carbons (Fsp3) is 0.300. The van der Waals surface area contributed by atoms with Crippen molar-refractivity contribution in [3.05, 3.63) is 34.2 Å². The maximum atomic E-state index is 11.5. The molecule has 1 amide bonds. The summed E-state index contributed by atoms with van der Waals surface area (Å²) < 4.78 is 0. The van der Waals surface area contributed by atoms with Crippen LogP contribution >= 0.6 is 0 Å². The van der Waals surface area contributed by atoms with E-state index < -0.39 is 23.5 Å². The van der Waals surface area contributed by atoms with Crippen LogP contribution in [0.4, 0.5) is 0 Å². The van der Waals surface area contributed by atoms with Gasteiger partial charge in [0.2, 0.25) is 5.56 Å². The molecule has 86 valence electrons. The van der Waals surface area contributed by atoms with Crippen molar-refractivity contribution in [1.82, 2.24) is 10.3 Å². The molecule has 0 aliphatic heterocycles. The van der Waals surface area contributed by atoms with E-state index in [9.17, 15) is 14.4 Å². The number of carboxylic acids is 1. The Balaban J connectivity index is 2.79. The number of aromatic nitrogens is 1. The lowest BCUT2D eigenvalue weighted by Gasteiger charge is -2.11. The number of carbonyl (C=O) groups excluding carboxylic acids is 1. The van der Waals surface area contributed by atoms with Crippen LogP contribution in [-0.4, -0.2) is 28.0 Å². The van der Waals surface area contributed by atoms with Crippen molar-refractivity contribution in [2.45, 2.75) is 19.4 Å². The minimum absolute atomic E-state index is 0.142. The molecule has 6 nitrogen and oxygen atoms in total. The molecule has 1 rings (SSSR count). The van der Waals surface area contributed by atoms with Crippen LogP contribution in [0, 0.1) is 0 Å². The van der Waals surface area contributed by atoms with Gasteiger partial charge in [0, 0.05) is 17.8 Å². The topological polar surface area (TPSA) is 99.3 Å². The molecular formula is C10H12N2O4. The van der Waals surface area contributed by atoms with Gasteiger partial charge in [0.15, 0.2) is 0 Å². The Morgan fingerprint density at radius 1 is 1.56 bits per heavy atom. The molecule has 6 heteroatoms. The van der Waals surface area contributed by atoms with E-state index in [2.05, 4.69) is 10.3 Å². The summed E-state index contributed by atoms with van der Waals surface area (Å²) in [6.45, 7) is 1.65. The van der Waals surface area contributed by atoms with Gasteiger partial charge in [-0.2, -0.15) is 0 Å². The molecule has 1 unspecified atom stereocenters. The van der Waals surface area contributed by atoms with Crippen molar-refractivity contribution in [2.24, 2.45) is 0 Å². The predicted molar refractivity (Wildman–Crippen MR) is 56.2 cm³/mol. The van der Waals surface area contributed by atoms with E-state index in [1.165, 1.54) is 12.3 Å². The monoisotopic (exact) mass is 224 g/mol. The second kappa shape index (κ2) is 5.11. The van der Waals surface area contributed by atoms with Crippen molar-refractivity contribution in [3.8, 4) is 0 Å². The second-order valence-corrected chi connectivity index (χ2v) is 3.21. The van der Waals surface area contributed by atoms with Gasteiger partial charge in [0.05, 0.1) is 0 Å². The van der Waals surface area contributed by atoms with Crippen LogP contribution in [0.2, 0.25) is 0 Å². The van der Waals surface area contributed by atoms with Gasteiger partial charge in [0.1, 0.15) is 6.04 Å². The van der Waals surface area contributed by atoms with Gasteiger partial charge < -0.3 is 15.4 Å². The number of carbonyl (C=O) groups is 2. The highest BCUT2D eigenvalue weighted by atomic mass is 16.4. The molecule has 16 heavy (non-hydrogen) atoms. The average Bonchev–Trinajstić information content (AvgIpc) is 2.25. The lowest BCUT2D eigenvalue weighted by atomic mass is 10.2. The summed E-state index contributed by atoms with van der Waals surface area (Å²) in [5.41, 5.74) is -0.264. The lowest BCUT2D eigenvalue weighted by Crippen LogP contribution is -2.40. The summed E-state index contributed by atoms with van der Waals surface area (Å²) in [5, 5.41) is 11.1. The van der Waals surface area contributed by atoms with E-state index >= 15 is 0 Å². The van der Waals surface area contributed by atoms with Crippen molar-refractivity contribution in [1.29, 1.82) is 0 Å². The number of pyridine rings is 1. The Kier molecular flexibility index (Phi) is 3.82. The molecule has 0 saturated heterocycles. The number of amides is 1. The van der Waals surface area contributed by atoms with Gasteiger partial charge in [-0.1, -0.05) is 6.92 Å². The van der Waals surface area contributed by atoms with Gasteiger partial charge in [-0.25, -0.2) is 4.79 Å². The summed E-state index contributed by atoms with van der Waals surface area (Å²) in [4.78, 5) is 35.5. The molecule has 1 atom stereocenters. The molecule has 0 aliphatic carbocycles. The molecule has 0 aliphatic rings. The third-order valence-corrected chi connectivity index (χ3v) is 2.05. The standard InChI is InChI=1S/C10H12N2O4/c1-2-7(10(15)16)12-9(14)6-3-4-11-8(13)5-6/h3-5,7H,2H2,1H3,(H,11,13)(H,12,14)(H,15,16). The quantitative estimate of drug-likeness (QED) is 0.668. The Labute approximate surface area is 91.3 Å². The fourth-order valence-corrected chi connectivity index (χ4v) is 1.17. The van der Waals surface area contributed by atoms with Gasteiger partial charge in [-0.05, 0) is 12.5 Å². The van der Waals surface area contributed by atoms with Crippen LogP contribution in [0.25, 0.3) is 0 Å². The molecule has 0 radical (unpaired) electrons. The molecular weight excluding hydrogens is 212 g/mol. The molecule has 0 fully saturated rings. The number of nitrogens with one attached hydrogen (secondary N) is 2. The number of carboxylic acid groups (broad SMARTS) is 1. The van der Waals surface area contributed by atoms with Crippen molar-refractivity contribution in [3.63, 3.8) is 0 Å². The van der Waals surface area contributed by atoms with E-state index in [0.29, 0.717) is 0 Å². The van der Waals surface area contributed by atoms with E-state index in [1.54, 1.807) is 6.92 Å². The number of H-pyrrole nitrogens is 1. The molecule has 1 heterocycles. The van der Waals surface area contributed by atoms with Crippen molar-refractivity contribution >= 4 is 11.9 Å². The van der Waals surface area contributed by atoms with E-state index in [1.807, 2.05) is 0 Å². The fourth-order valence-electron chi connectivity index (χ4n) is 1.17. The summed E-state index contributed by atoms with van der Waals surface area (Å²) in [5.74, 6) is -1.67. The van der Waals surface area contributed by atoms with Crippen LogP contribution in [0.3, 0.4) is 0 Å². The second-order valence-electron chi connectivity index (χ2n) is 3.21. The van der Waals surface area contributed by atoms with Crippen molar-refractivity contribution in [2.75, 3.05) is 0 Å². The Hall–Kier alpha value is -2.11. The summed E-state index contributed by atoms with van der Waals surface area (Å²) in [7, 11) is 0. The Morgan fingerprint density at radius 3 is 2.75 bits per heavy atom. The van der Waals surface area contributed by atoms with E-state index in [4.69, 9.17) is 5.11 Å². The highest BCUT2D eigenvalue weighted by Crippen LogP contribution is 1.97. The van der Waals surface area contributed by atoms with Gasteiger partial charge in [-0.3, -0.25) is 9.59 Å². The number of hydrogen-bond donors (Lipinski definition) is 3. The SMILES string of the molecule is CCC(NC(=O)c1cc[nH]c(=O)c1)C(=O)O. The maximum absolute atomic E-state index is 11.5. The van der Waals surface area contributed by atoms with Gasteiger partial charge >= 0.3 is 5.97 Å². The van der Waals surface area contributed by atoms with E-state index in [-0.39, 0.29) is 12.0 Å². The van der Waals surface area contributed by atoms with E-state index in [0.717, 1.165) is 6.07 Å². The largest absolute Gasteiger partial charge is 0.480 e. The summed E-state index contributed by atoms with van der Waals surface area (Å²) in [6.07, 6.45) is 1.61. The highest BCUT2D eigenvalue weighted by molar-refractivity contribution is 5.96. The zero-order valence-electron chi connectivity index (χ0n) is 8.69. The molecule has 1 aromatic heterocycles. The average molecular weight is 224 g/mol.